The number of rotatable bonds is 3. The Morgan fingerprint density at radius 3 is 2.24 bits per heavy atom. The molecular formula is C17H11N3S. The Bertz CT molecular complexity index is 780. The van der Waals surface area contributed by atoms with Crippen molar-refractivity contribution in [3.63, 3.8) is 0 Å². The molecule has 2 aromatic carbocycles. The molecule has 100 valence electrons. The fourth-order valence-electron chi connectivity index (χ4n) is 1.87. The molecule has 4 heteroatoms. The van der Waals surface area contributed by atoms with Crippen molar-refractivity contribution in [2.24, 2.45) is 0 Å². The van der Waals surface area contributed by atoms with E-state index in [1.807, 2.05) is 60.7 Å². The lowest BCUT2D eigenvalue weighted by Gasteiger charge is -2.05. The number of aromatic nitrogens is 2. The van der Waals surface area contributed by atoms with Crippen LogP contribution in [-0.4, -0.2) is 9.97 Å². The van der Waals surface area contributed by atoms with Crippen LogP contribution in [0.4, 0.5) is 0 Å². The quantitative estimate of drug-likeness (QED) is 0.726. The average Bonchev–Trinajstić information content (AvgIpc) is 2.56. The van der Waals surface area contributed by atoms with Gasteiger partial charge in [0.2, 0.25) is 0 Å². The van der Waals surface area contributed by atoms with Gasteiger partial charge in [-0.15, -0.1) is 0 Å². The second kappa shape index (κ2) is 6.21. The predicted molar refractivity (Wildman–Crippen MR) is 82.7 cm³/mol. The van der Waals surface area contributed by atoms with Gasteiger partial charge in [0.1, 0.15) is 11.1 Å². The third-order valence-electron chi connectivity index (χ3n) is 2.87. The first kappa shape index (κ1) is 13.3. The number of hydrogen-bond acceptors (Lipinski definition) is 4. The topological polar surface area (TPSA) is 49.6 Å². The van der Waals surface area contributed by atoms with Gasteiger partial charge in [0.05, 0.1) is 11.9 Å². The summed E-state index contributed by atoms with van der Waals surface area (Å²) < 4.78 is 0. The minimum Gasteiger partial charge on any atom is -0.241 e. The Morgan fingerprint density at radius 1 is 0.905 bits per heavy atom. The molecule has 0 radical (unpaired) electrons. The van der Waals surface area contributed by atoms with Crippen LogP contribution in [0, 0.1) is 11.3 Å². The summed E-state index contributed by atoms with van der Waals surface area (Å²) in [5.74, 6) is 0. The van der Waals surface area contributed by atoms with Crippen LogP contribution >= 0.6 is 11.8 Å². The molecule has 0 saturated carbocycles. The van der Waals surface area contributed by atoms with Gasteiger partial charge in [-0.05, 0) is 12.1 Å². The lowest BCUT2D eigenvalue weighted by Crippen LogP contribution is -1.94. The SMILES string of the molecule is N#Cc1ncc(-c2ccccc2)nc1Sc1ccccc1. The Kier molecular flexibility index (Phi) is 3.95. The zero-order valence-electron chi connectivity index (χ0n) is 11.1. The Hall–Kier alpha value is -2.64. The van der Waals surface area contributed by atoms with Gasteiger partial charge in [-0.2, -0.15) is 5.26 Å². The van der Waals surface area contributed by atoms with Crippen LogP contribution in [0.2, 0.25) is 0 Å². The Balaban J connectivity index is 2.01. The van der Waals surface area contributed by atoms with Gasteiger partial charge in [-0.3, -0.25) is 0 Å². The molecule has 1 aromatic heterocycles. The van der Waals surface area contributed by atoms with Crippen LogP contribution in [0.1, 0.15) is 5.69 Å². The van der Waals surface area contributed by atoms with Gasteiger partial charge in [-0.1, -0.05) is 60.3 Å². The smallest absolute Gasteiger partial charge is 0.173 e. The van der Waals surface area contributed by atoms with Crippen molar-refractivity contribution < 1.29 is 0 Å². The monoisotopic (exact) mass is 289 g/mol. The number of benzene rings is 2. The molecule has 0 unspecified atom stereocenters. The Labute approximate surface area is 127 Å². The van der Waals surface area contributed by atoms with Crippen molar-refractivity contribution in [2.45, 2.75) is 9.92 Å². The van der Waals surface area contributed by atoms with E-state index < -0.39 is 0 Å². The van der Waals surface area contributed by atoms with Crippen molar-refractivity contribution in [1.82, 2.24) is 9.97 Å². The summed E-state index contributed by atoms with van der Waals surface area (Å²) in [7, 11) is 0. The maximum atomic E-state index is 9.19. The number of hydrogen-bond donors (Lipinski definition) is 0. The molecule has 3 aromatic rings. The van der Waals surface area contributed by atoms with Crippen LogP contribution in [0.15, 0.2) is 76.8 Å². The molecule has 0 saturated heterocycles. The summed E-state index contributed by atoms with van der Waals surface area (Å²) in [5.41, 5.74) is 2.11. The molecular weight excluding hydrogens is 278 g/mol. The van der Waals surface area contributed by atoms with Crippen LogP contribution in [0.5, 0.6) is 0 Å². The van der Waals surface area contributed by atoms with Crippen LogP contribution in [0.3, 0.4) is 0 Å². The normalized spacial score (nSPS) is 10.0. The second-order valence-corrected chi connectivity index (χ2v) is 5.36. The van der Waals surface area contributed by atoms with Gasteiger partial charge < -0.3 is 0 Å². The third-order valence-corrected chi connectivity index (χ3v) is 3.86. The summed E-state index contributed by atoms with van der Waals surface area (Å²) in [6.45, 7) is 0. The van der Waals surface area contributed by atoms with Crippen molar-refractivity contribution in [1.29, 1.82) is 5.26 Å². The second-order valence-electron chi connectivity index (χ2n) is 4.30. The number of nitrogens with zero attached hydrogens (tertiary/aromatic N) is 3. The summed E-state index contributed by atoms with van der Waals surface area (Å²) >= 11 is 1.45. The Morgan fingerprint density at radius 2 is 1.57 bits per heavy atom. The average molecular weight is 289 g/mol. The molecule has 21 heavy (non-hydrogen) atoms. The first-order valence-electron chi connectivity index (χ1n) is 6.42. The molecule has 1 heterocycles. The molecule has 0 atom stereocenters. The van der Waals surface area contributed by atoms with E-state index in [0.717, 1.165) is 16.2 Å². The highest BCUT2D eigenvalue weighted by molar-refractivity contribution is 7.99. The van der Waals surface area contributed by atoms with Crippen molar-refractivity contribution in [2.75, 3.05) is 0 Å². The molecule has 0 spiro atoms. The van der Waals surface area contributed by atoms with Gasteiger partial charge in [0.25, 0.3) is 0 Å². The highest BCUT2D eigenvalue weighted by atomic mass is 32.2. The van der Waals surface area contributed by atoms with Gasteiger partial charge in [0.15, 0.2) is 5.69 Å². The van der Waals surface area contributed by atoms with E-state index in [0.29, 0.717) is 10.7 Å². The van der Waals surface area contributed by atoms with E-state index in [9.17, 15) is 5.26 Å². The van der Waals surface area contributed by atoms with Gasteiger partial charge in [-0.25, -0.2) is 9.97 Å². The van der Waals surface area contributed by atoms with Crippen LogP contribution in [-0.2, 0) is 0 Å². The minimum atomic E-state index is 0.350. The molecule has 0 aliphatic carbocycles. The highest BCUT2D eigenvalue weighted by Gasteiger charge is 2.10. The summed E-state index contributed by atoms with van der Waals surface area (Å²) in [4.78, 5) is 9.85. The largest absolute Gasteiger partial charge is 0.241 e. The molecule has 0 bridgehead atoms. The van der Waals surface area contributed by atoms with E-state index in [-0.39, 0.29) is 0 Å². The summed E-state index contributed by atoms with van der Waals surface area (Å²) in [6, 6.07) is 21.8. The fourth-order valence-corrected chi connectivity index (χ4v) is 2.72. The standard InChI is InChI=1S/C17H11N3S/c18-11-15-17(21-14-9-5-2-6-10-14)20-16(12-19-15)13-7-3-1-4-8-13/h1-10,12H. The molecule has 3 rings (SSSR count). The molecule has 0 aliphatic heterocycles. The number of nitriles is 1. The molecule has 3 nitrogen and oxygen atoms in total. The first-order valence-corrected chi connectivity index (χ1v) is 7.24. The van der Waals surface area contributed by atoms with Gasteiger partial charge in [0, 0.05) is 10.5 Å². The highest BCUT2D eigenvalue weighted by Crippen LogP contribution is 2.29. The van der Waals surface area contributed by atoms with E-state index in [4.69, 9.17) is 0 Å². The van der Waals surface area contributed by atoms with Crippen LogP contribution < -0.4 is 0 Å². The summed E-state index contributed by atoms with van der Waals surface area (Å²) in [6.07, 6.45) is 1.64. The maximum absolute atomic E-state index is 9.19. The summed E-state index contributed by atoms with van der Waals surface area (Å²) in [5, 5.41) is 9.82. The van der Waals surface area contributed by atoms with Crippen molar-refractivity contribution >= 4 is 11.8 Å². The maximum Gasteiger partial charge on any atom is 0.173 e. The fraction of sp³-hybridized carbons (Fsp3) is 0. The lowest BCUT2D eigenvalue weighted by molar-refractivity contribution is 1.03. The minimum absolute atomic E-state index is 0.350. The van der Waals surface area contributed by atoms with E-state index >= 15 is 0 Å². The van der Waals surface area contributed by atoms with Gasteiger partial charge >= 0.3 is 0 Å². The van der Waals surface area contributed by atoms with E-state index in [1.54, 1.807) is 6.20 Å². The molecule has 0 amide bonds. The first-order chi connectivity index (χ1) is 10.4. The molecule has 0 aliphatic rings. The van der Waals surface area contributed by atoms with Crippen molar-refractivity contribution in [3.05, 3.63) is 72.6 Å². The van der Waals surface area contributed by atoms with E-state index in [2.05, 4.69) is 16.0 Å². The molecule has 0 N–H and O–H groups in total. The predicted octanol–water partition coefficient (Wildman–Crippen LogP) is 4.17. The van der Waals surface area contributed by atoms with E-state index in [1.165, 1.54) is 11.8 Å². The zero-order chi connectivity index (χ0) is 14.5. The molecule has 0 fully saturated rings. The lowest BCUT2D eigenvalue weighted by atomic mass is 10.2. The zero-order valence-corrected chi connectivity index (χ0v) is 11.9. The van der Waals surface area contributed by atoms with Crippen molar-refractivity contribution in [3.8, 4) is 17.3 Å². The third kappa shape index (κ3) is 3.10. The van der Waals surface area contributed by atoms with Crippen LogP contribution in [0.25, 0.3) is 11.3 Å².